The van der Waals surface area contributed by atoms with E-state index in [2.05, 4.69) is 39.8 Å². The predicted molar refractivity (Wildman–Crippen MR) is 90.4 cm³/mol. The topological polar surface area (TPSA) is 37.3 Å². The van der Waals surface area contributed by atoms with E-state index in [1.165, 1.54) is 29.3 Å². The van der Waals surface area contributed by atoms with Gasteiger partial charge < -0.3 is 5.11 Å². The van der Waals surface area contributed by atoms with E-state index in [0.717, 1.165) is 31.4 Å². The molecule has 0 heterocycles. The first kappa shape index (κ1) is 19.3. The second-order valence-corrected chi connectivity index (χ2v) is 6.89. The zero-order chi connectivity index (χ0) is 15.4. The van der Waals surface area contributed by atoms with Crippen molar-refractivity contribution in [2.24, 2.45) is 5.92 Å². The fourth-order valence-electron chi connectivity index (χ4n) is 1.89. The molecule has 2 nitrogen and oxygen atoms in total. The van der Waals surface area contributed by atoms with Crippen molar-refractivity contribution in [3.8, 4) is 0 Å². The summed E-state index contributed by atoms with van der Waals surface area (Å²) in [5.74, 6) is 1.16. The molecule has 3 heteroatoms. The van der Waals surface area contributed by atoms with Crippen molar-refractivity contribution in [3.05, 3.63) is 23.3 Å². The monoisotopic (exact) mass is 298 g/mol. The van der Waals surface area contributed by atoms with Gasteiger partial charge in [0.05, 0.1) is 5.75 Å². The first-order valence-electron chi connectivity index (χ1n) is 7.50. The fraction of sp³-hybridized carbons (Fsp3) is 0.706. The molecular formula is C17H30O2S. The number of rotatable bonds is 11. The van der Waals surface area contributed by atoms with Crippen LogP contribution in [0.4, 0.5) is 0 Å². The molecule has 0 saturated carbocycles. The molecule has 0 aromatic heterocycles. The minimum atomic E-state index is -0.711. The van der Waals surface area contributed by atoms with Crippen LogP contribution in [0, 0.1) is 5.92 Å². The highest BCUT2D eigenvalue weighted by atomic mass is 32.2. The van der Waals surface area contributed by atoms with Gasteiger partial charge in [0.2, 0.25) is 0 Å². The maximum Gasteiger partial charge on any atom is 0.313 e. The van der Waals surface area contributed by atoms with Crippen LogP contribution >= 0.6 is 11.8 Å². The number of thioether (sulfide) groups is 1. The molecule has 0 fully saturated rings. The second kappa shape index (κ2) is 12.1. The molecule has 0 aromatic carbocycles. The normalized spacial score (nSPS) is 13.1. The van der Waals surface area contributed by atoms with E-state index < -0.39 is 5.97 Å². The van der Waals surface area contributed by atoms with Crippen LogP contribution in [0.2, 0.25) is 0 Å². The summed E-state index contributed by atoms with van der Waals surface area (Å²) in [5, 5.41) is 8.55. The third-order valence-electron chi connectivity index (χ3n) is 3.22. The molecule has 20 heavy (non-hydrogen) atoms. The Kier molecular flexibility index (Phi) is 11.6. The largest absolute Gasteiger partial charge is 0.481 e. The van der Waals surface area contributed by atoms with Crippen LogP contribution in [0.3, 0.4) is 0 Å². The molecule has 0 aliphatic heterocycles. The number of allylic oxidation sites excluding steroid dienone is 4. The van der Waals surface area contributed by atoms with E-state index in [4.69, 9.17) is 5.11 Å². The highest BCUT2D eigenvalue weighted by Crippen LogP contribution is 2.16. The minimum Gasteiger partial charge on any atom is -0.481 e. The van der Waals surface area contributed by atoms with Gasteiger partial charge in [-0.2, -0.15) is 11.8 Å². The quantitative estimate of drug-likeness (QED) is 0.415. The van der Waals surface area contributed by atoms with Gasteiger partial charge in [-0.05, 0) is 64.5 Å². The smallest absolute Gasteiger partial charge is 0.313 e. The third-order valence-corrected chi connectivity index (χ3v) is 4.20. The SMILES string of the molecule is CC(C)=CCC/C(C)=C/CC[C@H](C)CCSCC(=O)O. The van der Waals surface area contributed by atoms with Crippen LogP contribution in [0.1, 0.15) is 59.8 Å². The van der Waals surface area contributed by atoms with Gasteiger partial charge in [0.15, 0.2) is 0 Å². The lowest BCUT2D eigenvalue weighted by atomic mass is 10.0. The van der Waals surface area contributed by atoms with Crippen molar-refractivity contribution in [1.29, 1.82) is 0 Å². The Morgan fingerprint density at radius 2 is 1.85 bits per heavy atom. The molecule has 0 rings (SSSR count). The Morgan fingerprint density at radius 1 is 1.15 bits per heavy atom. The second-order valence-electron chi connectivity index (χ2n) is 5.79. The molecule has 116 valence electrons. The standard InChI is InChI=1S/C17H30O2S/c1-14(2)7-5-8-15(3)9-6-10-16(4)11-12-20-13-17(18)19/h7,9,16H,5-6,8,10-13H2,1-4H3,(H,18,19)/b15-9+/t16-/m0/s1. The molecule has 0 saturated heterocycles. The van der Waals surface area contributed by atoms with E-state index in [9.17, 15) is 4.79 Å². The average Bonchev–Trinajstić information content (AvgIpc) is 2.34. The molecule has 1 atom stereocenters. The summed E-state index contributed by atoms with van der Waals surface area (Å²) in [6.45, 7) is 8.76. The predicted octanol–water partition coefficient (Wildman–Crippen LogP) is 5.30. The number of carboxylic acids is 1. The number of hydrogen-bond acceptors (Lipinski definition) is 2. The Morgan fingerprint density at radius 3 is 2.45 bits per heavy atom. The van der Waals surface area contributed by atoms with Crippen LogP contribution in [0.5, 0.6) is 0 Å². The number of hydrogen-bond donors (Lipinski definition) is 1. The van der Waals surface area contributed by atoms with Crippen molar-refractivity contribution in [2.45, 2.75) is 59.8 Å². The van der Waals surface area contributed by atoms with Crippen LogP contribution < -0.4 is 0 Å². The molecular weight excluding hydrogens is 268 g/mol. The van der Waals surface area contributed by atoms with Gasteiger partial charge in [-0.15, -0.1) is 0 Å². The fourth-order valence-corrected chi connectivity index (χ4v) is 2.78. The number of aliphatic carboxylic acids is 1. The van der Waals surface area contributed by atoms with E-state index in [-0.39, 0.29) is 5.75 Å². The summed E-state index contributed by atoms with van der Waals surface area (Å²) >= 11 is 1.52. The minimum absolute atomic E-state index is 0.232. The summed E-state index contributed by atoms with van der Waals surface area (Å²) in [6.07, 6.45) is 10.4. The molecule has 0 bridgehead atoms. The van der Waals surface area contributed by atoms with Crippen LogP contribution in [0.15, 0.2) is 23.3 Å². The lowest BCUT2D eigenvalue weighted by molar-refractivity contribution is -0.133. The molecule has 0 spiro atoms. The van der Waals surface area contributed by atoms with Crippen molar-refractivity contribution >= 4 is 17.7 Å². The molecule has 0 aromatic rings. The van der Waals surface area contributed by atoms with Gasteiger partial charge in [-0.25, -0.2) is 0 Å². The first-order chi connectivity index (χ1) is 9.41. The van der Waals surface area contributed by atoms with Gasteiger partial charge >= 0.3 is 5.97 Å². The first-order valence-corrected chi connectivity index (χ1v) is 8.65. The highest BCUT2D eigenvalue weighted by Gasteiger charge is 2.03. The Hall–Kier alpha value is -0.700. The van der Waals surface area contributed by atoms with Gasteiger partial charge in [0, 0.05) is 0 Å². The van der Waals surface area contributed by atoms with Crippen molar-refractivity contribution in [1.82, 2.24) is 0 Å². The highest BCUT2D eigenvalue weighted by molar-refractivity contribution is 7.99. The molecule has 0 aliphatic rings. The Bertz CT molecular complexity index is 328. The molecule has 1 N–H and O–H groups in total. The van der Waals surface area contributed by atoms with Gasteiger partial charge in [-0.3, -0.25) is 4.79 Å². The van der Waals surface area contributed by atoms with Crippen molar-refractivity contribution in [3.63, 3.8) is 0 Å². The van der Waals surface area contributed by atoms with Crippen molar-refractivity contribution < 1.29 is 9.90 Å². The molecule has 0 radical (unpaired) electrons. The van der Waals surface area contributed by atoms with Crippen LogP contribution in [-0.4, -0.2) is 22.6 Å². The zero-order valence-electron chi connectivity index (χ0n) is 13.4. The van der Waals surface area contributed by atoms with E-state index in [1.807, 2.05) is 0 Å². The summed E-state index contributed by atoms with van der Waals surface area (Å²) in [7, 11) is 0. The average molecular weight is 298 g/mol. The molecule has 0 amide bonds. The Balaban J connectivity index is 3.65. The van der Waals surface area contributed by atoms with Gasteiger partial charge in [-0.1, -0.05) is 30.2 Å². The van der Waals surface area contributed by atoms with Crippen molar-refractivity contribution in [2.75, 3.05) is 11.5 Å². The lowest BCUT2D eigenvalue weighted by Crippen LogP contribution is -2.01. The summed E-state index contributed by atoms with van der Waals surface area (Å²) < 4.78 is 0. The van der Waals surface area contributed by atoms with Gasteiger partial charge in [0.1, 0.15) is 0 Å². The summed E-state index contributed by atoms with van der Waals surface area (Å²) in [6, 6.07) is 0. The lowest BCUT2D eigenvalue weighted by Gasteiger charge is -2.09. The number of carboxylic acid groups (broad SMARTS) is 1. The van der Waals surface area contributed by atoms with Gasteiger partial charge in [0.25, 0.3) is 0 Å². The van der Waals surface area contributed by atoms with E-state index in [1.54, 1.807) is 0 Å². The third kappa shape index (κ3) is 13.7. The zero-order valence-corrected chi connectivity index (χ0v) is 14.3. The van der Waals surface area contributed by atoms with E-state index in [0.29, 0.717) is 5.92 Å². The summed E-state index contributed by atoms with van der Waals surface area (Å²) in [4.78, 5) is 10.4. The molecule has 0 unspecified atom stereocenters. The molecule has 0 aliphatic carbocycles. The van der Waals surface area contributed by atoms with Crippen LogP contribution in [0.25, 0.3) is 0 Å². The summed E-state index contributed by atoms with van der Waals surface area (Å²) in [5.41, 5.74) is 2.88. The Labute approximate surface area is 128 Å². The maximum atomic E-state index is 10.4. The van der Waals surface area contributed by atoms with Crippen LogP contribution in [-0.2, 0) is 4.79 Å². The van der Waals surface area contributed by atoms with E-state index >= 15 is 0 Å². The maximum absolute atomic E-state index is 10.4. The number of carbonyl (C=O) groups is 1.